The van der Waals surface area contributed by atoms with E-state index in [1.165, 1.54) is 19.3 Å². The van der Waals surface area contributed by atoms with Gasteiger partial charge >= 0.3 is 0 Å². The van der Waals surface area contributed by atoms with Crippen molar-refractivity contribution in [3.63, 3.8) is 0 Å². The molecule has 0 spiro atoms. The minimum Gasteiger partial charge on any atom is -0.478 e. The van der Waals surface area contributed by atoms with Crippen LogP contribution in [0, 0.1) is 6.92 Å². The Labute approximate surface area is 121 Å². The maximum atomic E-state index is 5.58. The molecule has 1 aromatic heterocycles. The van der Waals surface area contributed by atoms with Crippen LogP contribution in [0.3, 0.4) is 0 Å². The molecule has 0 aliphatic carbocycles. The summed E-state index contributed by atoms with van der Waals surface area (Å²) in [5.74, 6) is 1.74. The third kappa shape index (κ3) is 3.39. The molecule has 1 fully saturated rings. The van der Waals surface area contributed by atoms with Gasteiger partial charge in [-0.2, -0.15) is 0 Å². The van der Waals surface area contributed by atoms with Gasteiger partial charge in [0.05, 0.1) is 12.2 Å². The van der Waals surface area contributed by atoms with Crippen LogP contribution in [0.5, 0.6) is 5.88 Å². The molecule has 1 atom stereocenters. The fraction of sp³-hybridized carbons (Fsp3) is 0.733. The molecule has 1 unspecified atom stereocenters. The molecule has 0 radical (unpaired) electrons. The van der Waals surface area contributed by atoms with Crippen LogP contribution in [0.25, 0.3) is 0 Å². The normalized spacial score (nSPS) is 18.6. The number of hydrogen-bond acceptors (Lipinski definition) is 5. The van der Waals surface area contributed by atoms with E-state index in [4.69, 9.17) is 4.74 Å². The summed E-state index contributed by atoms with van der Waals surface area (Å²) >= 11 is 0. The molecule has 0 aromatic carbocycles. The van der Waals surface area contributed by atoms with E-state index in [0.29, 0.717) is 18.5 Å². The maximum absolute atomic E-state index is 5.58. The second-order valence-corrected chi connectivity index (χ2v) is 5.25. The Morgan fingerprint density at radius 3 is 3.00 bits per heavy atom. The van der Waals surface area contributed by atoms with Gasteiger partial charge in [0.1, 0.15) is 12.1 Å². The van der Waals surface area contributed by atoms with Crippen molar-refractivity contribution in [2.45, 2.75) is 46.1 Å². The van der Waals surface area contributed by atoms with Crippen molar-refractivity contribution in [1.29, 1.82) is 0 Å². The maximum Gasteiger partial charge on any atom is 0.221 e. The first-order valence-electron chi connectivity index (χ1n) is 7.69. The summed E-state index contributed by atoms with van der Waals surface area (Å²) in [5, 5.41) is 3.52. The van der Waals surface area contributed by atoms with E-state index < -0.39 is 0 Å². The van der Waals surface area contributed by atoms with Crippen LogP contribution in [-0.4, -0.2) is 42.3 Å². The minimum atomic E-state index is 0.532. The zero-order chi connectivity index (χ0) is 14.4. The van der Waals surface area contributed by atoms with Crippen molar-refractivity contribution in [3.05, 3.63) is 11.9 Å². The lowest BCUT2D eigenvalue weighted by Gasteiger charge is -2.27. The first-order valence-corrected chi connectivity index (χ1v) is 7.69. The smallest absolute Gasteiger partial charge is 0.221 e. The van der Waals surface area contributed by atoms with Crippen molar-refractivity contribution < 1.29 is 4.74 Å². The van der Waals surface area contributed by atoms with Gasteiger partial charge in [0.25, 0.3) is 0 Å². The van der Waals surface area contributed by atoms with Gasteiger partial charge in [-0.15, -0.1) is 0 Å². The fourth-order valence-corrected chi connectivity index (χ4v) is 2.77. The average Bonchev–Trinajstić information content (AvgIpc) is 2.90. The average molecular weight is 278 g/mol. The summed E-state index contributed by atoms with van der Waals surface area (Å²) in [5.41, 5.74) is 1.05. The molecule has 5 nitrogen and oxygen atoms in total. The van der Waals surface area contributed by atoms with Crippen molar-refractivity contribution in [2.24, 2.45) is 0 Å². The number of nitrogens with zero attached hydrogens (tertiary/aromatic N) is 3. The topological polar surface area (TPSA) is 50.3 Å². The Balaban J connectivity index is 2.11. The highest BCUT2D eigenvalue weighted by Gasteiger charge is 2.27. The molecule has 0 saturated carbocycles. The van der Waals surface area contributed by atoms with Gasteiger partial charge in [-0.3, -0.25) is 0 Å². The summed E-state index contributed by atoms with van der Waals surface area (Å²) in [7, 11) is 0. The predicted octanol–water partition coefficient (Wildman–Crippen LogP) is 2.15. The third-order valence-electron chi connectivity index (χ3n) is 3.75. The molecule has 1 aliphatic heterocycles. The second kappa shape index (κ2) is 7.43. The highest BCUT2D eigenvalue weighted by Crippen LogP contribution is 2.29. The lowest BCUT2D eigenvalue weighted by Crippen LogP contribution is -2.39. The van der Waals surface area contributed by atoms with Gasteiger partial charge < -0.3 is 15.0 Å². The van der Waals surface area contributed by atoms with Gasteiger partial charge in [0.2, 0.25) is 5.88 Å². The van der Waals surface area contributed by atoms with Crippen LogP contribution in [-0.2, 0) is 0 Å². The van der Waals surface area contributed by atoms with Gasteiger partial charge in [0.15, 0.2) is 0 Å². The van der Waals surface area contributed by atoms with E-state index in [1.807, 2.05) is 6.92 Å². The molecule has 2 rings (SSSR count). The Morgan fingerprint density at radius 2 is 2.25 bits per heavy atom. The molecule has 112 valence electrons. The van der Waals surface area contributed by atoms with Gasteiger partial charge in [-0.1, -0.05) is 6.92 Å². The highest BCUT2D eigenvalue weighted by molar-refractivity contribution is 5.51. The lowest BCUT2D eigenvalue weighted by atomic mass is 10.2. The Bertz CT molecular complexity index is 424. The van der Waals surface area contributed by atoms with Crippen molar-refractivity contribution in [3.8, 4) is 5.88 Å². The van der Waals surface area contributed by atoms with Crippen LogP contribution in [0.4, 0.5) is 5.82 Å². The standard InChI is InChI=1S/C15H26N4O/c1-4-8-16-10-13-7-6-9-19(13)14-12(3)15(20-5-2)18-11-17-14/h11,13,16H,4-10H2,1-3H3. The molecule has 20 heavy (non-hydrogen) atoms. The van der Waals surface area contributed by atoms with Gasteiger partial charge in [0, 0.05) is 19.1 Å². The van der Waals surface area contributed by atoms with Crippen LogP contribution < -0.4 is 15.0 Å². The highest BCUT2D eigenvalue weighted by atomic mass is 16.5. The van der Waals surface area contributed by atoms with E-state index in [1.54, 1.807) is 6.33 Å². The number of rotatable bonds is 7. The monoisotopic (exact) mass is 278 g/mol. The number of aromatic nitrogens is 2. The van der Waals surface area contributed by atoms with E-state index in [-0.39, 0.29) is 0 Å². The van der Waals surface area contributed by atoms with E-state index in [2.05, 4.69) is 34.0 Å². The van der Waals surface area contributed by atoms with Crippen molar-refractivity contribution in [2.75, 3.05) is 31.1 Å². The van der Waals surface area contributed by atoms with Crippen LogP contribution in [0.1, 0.15) is 38.7 Å². The van der Waals surface area contributed by atoms with E-state index >= 15 is 0 Å². The first-order chi connectivity index (χ1) is 9.77. The summed E-state index contributed by atoms with van der Waals surface area (Å²) in [4.78, 5) is 11.1. The SMILES string of the molecule is CCCNCC1CCCN1c1ncnc(OCC)c1C. The van der Waals surface area contributed by atoms with Gasteiger partial charge in [-0.25, -0.2) is 9.97 Å². The largest absolute Gasteiger partial charge is 0.478 e. The van der Waals surface area contributed by atoms with Crippen LogP contribution in [0.2, 0.25) is 0 Å². The summed E-state index contributed by atoms with van der Waals surface area (Å²) in [6.07, 6.45) is 5.24. The molecule has 1 N–H and O–H groups in total. The second-order valence-electron chi connectivity index (χ2n) is 5.25. The van der Waals surface area contributed by atoms with E-state index in [9.17, 15) is 0 Å². The van der Waals surface area contributed by atoms with Crippen molar-refractivity contribution in [1.82, 2.24) is 15.3 Å². The molecular formula is C15H26N4O. The molecule has 2 heterocycles. The van der Waals surface area contributed by atoms with Crippen LogP contribution >= 0.6 is 0 Å². The Morgan fingerprint density at radius 1 is 1.40 bits per heavy atom. The number of anilines is 1. The lowest BCUT2D eigenvalue weighted by molar-refractivity contribution is 0.323. The molecule has 0 amide bonds. The summed E-state index contributed by atoms with van der Waals surface area (Å²) in [6, 6.07) is 0.532. The zero-order valence-corrected chi connectivity index (χ0v) is 12.9. The van der Waals surface area contributed by atoms with Crippen molar-refractivity contribution >= 4 is 5.82 Å². The Hall–Kier alpha value is -1.36. The number of ether oxygens (including phenoxy) is 1. The molecular weight excluding hydrogens is 252 g/mol. The zero-order valence-electron chi connectivity index (χ0n) is 12.9. The molecule has 1 aromatic rings. The van der Waals surface area contributed by atoms with E-state index in [0.717, 1.165) is 31.0 Å². The minimum absolute atomic E-state index is 0.532. The molecule has 5 heteroatoms. The summed E-state index contributed by atoms with van der Waals surface area (Å²) in [6.45, 7) is 10.0. The fourth-order valence-electron chi connectivity index (χ4n) is 2.77. The first kappa shape index (κ1) is 15.0. The molecule has 0 bridgehead atoms. The number of hydrogen-bond donors (Lipinski definition) is 1. The number of nitrogens with one attached hydrogen (secondary N) is 1. The molecule has 1 saturated heterocycles. The predicted molar refractivity (Wildman–Crippen MR) is 81.5 cm³/mol. The summed E-state index contributed by atoms with van der Waals surface area (Å²) < 4.78 is 5.58. The molecule has 1 aliphatic rings. The third-order valence-corrected chi connectivity index (χ3v) is 3.75. The van der Waals surface area contributed by atoms with Gasteiger partial charge in [-0.05, 0) is 39.7 Å². The quantitative estimate of drug-likeness (QED) is 0.775. The Kier molecular flexibility index (Phi) is 5.59. The van der Waals surface area contributed by atoms with Crippen LogP contribution in [0.15, 0.2) is 6.33 Å².